The third-order valence-electron chi connectivity index (χ3n) is 2.39. The number of alkyl halides is 1. The van der Waals surface area contributed by atoms with Gasteiger partial charge in [0, 0.05) is 12.6 Å². The van der Waals surface area contributed by atoms with E-state index in [1.54, 1.807) is 0 Å². The predicted octanol–water partition coefficient (Wildman–Crippen LogP) is 0.515. The van der Waals surface area contributed by atoms with Crippen molar-refractivity contribution in [1.29, 1.82) is 0 Å². The molecule has 0 radical (unpaired) electrons. The van der Waals surface area contributed by atoms with Crippen molar-refractivity contribution in [3.8, 4) is 0 Å². The standard InChI is InChI=1S/C9H10ClFN2O3/c10-5-2-12-9(15)13(3-5)8-7(11)1-6(4-14)16-8/h2-3,6-8,14H,1,4H2/t6-,7+,8+/m0/s1. The van der Waals surface area contributed by atoms with Gasteiger partial charge in [0.1, 0.15) is 6.17 Å². The summed E-state index contributed by atoms with van der Waals surface area (Å²) in [6.45, 7) is -0.278. The van der Waals surface area contributed by atoms with Gasteiger partial charge in [0.2, 0.25) is 0 Å². The summed E-state index contributed by atoms with van der Waals surface area (Å²) >= 11 is 5.66. The molecule has 16 heavy (non-hydrogen) atoms. The van der Waals surface area contributed by atoms with Crippen LogP contribution in [0.25, 0.3) is 0 Å². The van der Waals surface area contributed by atoms with Crippen LogP contribution in [-0.4, -0.2) is 33.5 Å². The van der Waals surface area contributed by atoms with E-state index in [0.29, 0.717) is 0 Å². The third kappa shape index (κ3) is 2.09. The molecule has 88 valence electrons. The molecule has 1 N–H and O–H groups in total. The number of nitrogens with zero attached hydrogens (tertiary/aromatic N) is 2. The second-order valence-corrected chi connectivity index (χ2v) is 3.98. The fourth-order valence-corrected chi connectivity index (χ4v) is 1.80. The van der Waals surface area contributed by atoms with Crippen LogP contribution in [0.1, 0.15) is 12.6 Å². The Labute approximate surface area is 95.4 Å². The van der Waals surface area contributed by atoms with Gasteiger partial charge in [-0.15, -0.1) is 0 Å². The zero-order valence-electron chi connectivity index (χ0n) is 8.22. The maximum absolute atomic E-state index is 13.6. The predicted molar refractivity (Wildman–Crippen MR) is 54.0 cm³/mol. The minimum atomic E-state index is -1.35. The molecule has 2 heterocycles. The van der Waals surface area contributed by atoms with Crippen LogP contribution in [0.3, 0.4) is 0 Å². The van der Waals surface area contributed by atoms with Crippen LogP contribution in [0, 0.1) is 0 Å². The van der Waals surface area contributed by atoms with Crippen molar-refractivity contribution < 1.29 is 14.2 Å². The summed E-state index contributed by atoms with van der Waals surface area (Å²) in [4.78, 5) is 14.9. The molecule has 0 saturated carbocycles. The highest BCUT2D eigenvalue weighted by Crippen LogP contribution is 2.30. The van der Waals surface area contributed by atoms with E-state index in [4.69, 9.17) is 21.4 Å². The molecule has 0 bridgehead atoms. The highest BCUT2D eigenvalue weighted by molar-refractivity contribution is 6.30. The monoisotopic (exact) mass is 248 g/mol. The van der Waals surface area contributed by atoms with Crippen molar-refractivity contribution in [2.45, 2.75) is 24.9 Å². The number of hydrogen-bond acceptors (Lipinski definition) is 4. The Kier molecular flexibility index (Phi) is 3.22. The normalized spacial score (nSPS) is 29.6. The van der Waals surface area contributed by atoms with Crippen LogP contribution >= 0.6 is 11.6 Å². The third-order valence-corrected chi connectivity index (χ3v) is 2.58. The topological polar surface area (TPSA) is 64.4 Å². The minimum absolute atomic E-state index is 0.0557. The molecule has 1 fully saturated rings. The van der Waals surface area contributed by atoms with Crippen molar-refractivity contribution in [3.05, 3.63) is 27.9 Å². The summed E-state index contributed by atoms with van der Waals surface area (Å²) in [6, 6.07) is 0. The first-order chi connectivity index (χ1) is 7.61. The molecule has 1 aliphatic heterocycles. The molecule has 5 nitrogen and oxygen atoms in total. The summed E-state index contributed by atoms with van der Waals surface area (Å²) in [5.41, 5.74) is -0.629. The quantitative estimate of drug-likeness (QED) is 0.829. The fraction of sp³-hybridized carbons (Fsp3) is 0.556. The lowest BCUT2D eigenvalue weighted by Crippen LogP contribution is -2.30. The van der Waals surface area contributed by atoms with E-state index in [1.165, 1.54) is 12.4 Å². The first-order valence-corrected chi connectivity index (χ1v) is 5.13. The van der Waals surface area contributed by atoms with E-state index < -0.39 is 24.2 Å². The van der Waals surface area contributed by atoms with Gasteiger partial charge in [0.05, 0.1) is 23.9 Å². The van der Waals surface area contributed by atoms with Gasteiger partial charge in [0.15, 0.2) is 6.23 Å². The Bertz CT molecular complexity index is 439. The molecular weight excluding hydrogens is 239 g/mol. The number of aliphatic hydroxyl groups is 1. The molecule has 3 atom stereocenters. The average molecular weight is 249 g/mol. The molecule has 0 spiro atoms. The molecule has 7 heteroatoms. The summed E-state index contributed by atoms with van der Waals surface area (Å²) in [6.07, 6.45) is -0.489. The van der Waals surface area contributed by atoms with Crippen molar-refractivity contribution in [1.82, 2.24) is 9.55 Å². The van der Waals surface area contributed by atoms with Gasteiger partial charge in [-0.1, -0.05) is 11.6 Å². The molecule has 1 saturated heterocycles. The van der Waals surface area contributed by atoms with Gasteiger partial charge in [0.25, 0.3) is 0 Å². The van der Waals surface area contributed by atoms with Gasteiger partial charge in [-0.3, -0.25) is 4.57 Å². The summed E-state index contributed by atoms with van der Waals surface area (Å²) < 4.78 is 19.7. The molecule has 0 amide bonds. The van der Waals surface area contributed by atoms with Crippen LogP contribution in [-0.2, 0) is 4.74 Å². The van der Waals surface area contributed by atoms with Gasteiger partial charge in [-0.2, -0.15) is 4.98 Å². The fourth-order valence-electron chi connectivity index (χ4n) is 1.65. The molecule has 0 aliphatic carbocycles. The summed E-state index contributed by atoms with van der Waals surface area (Å²) in [7, 11) is 0. The summed E-state index contributed by atoms with van der Waals surface area (Å²) in [5, 5.41) is 9.08. The molecule has 1 aromatic heterocycles. The number of aromatic nitrogens is 2. The van der Waals surface area contributed by atoms with Crippen LogP contribution < -0.4 is 5.69 Å². The van der Waals surface area contributed by atoms with Crippen molar-refractivity contribution in [2.24, 2.45) is 0 Å². The lowest BCUT2D eigenvalue weighted by Gasteiger charge is -2.15. The highest BCUT2D eigenvalue weighted by atomic mass is 35.5. The van der Waals surface area contributed by atoms with Gasteiger partial charge in [-0.05, 0) is 0 Å². The Balaban J connectivity index is 2.31. The Hall–Kier alpha value is -0.980. The molecule has 0 unspecified atom stereocenters. The zero-order chi connectivity index (χ0) is 11.7. The molecular formula is C9H10ClFN2O3. The Morgan fingerprint density at radius 3 is 3.12 bits per heavy atom. The molecule has 1 aromatic rings. The van der Waals surface area contributed by atoms with Gasteiger partial charge < -0.3 is 9.84 Å². The Morgan fingerprint density at radius 2 is 2.50 bits per heavy atom. The number of rotatable bonds is 2. The van der Waals surface area contributed by atoms with E-state index in [9.17, 15) is 9.18 Å². The minimum Gasteiger partial charge on any atom is -0.394 e. The van der Waals surface area contributed by atoms with Crippen LogP contribution in [0.15, 0.2) is 17.2 Å². The molecule has 2 rings (SSSR count). The SMILES string of the molecule is O=c1ncc(Cl)cn1[C@@H]1O[C@H](CO)C[C@H]1F. The summed E-state index contributed by atoms with van der Waals surface area (Å²) in [5.74, 6) is 0. The highest BCUT2D eigenvalue weighted by Gasteiger charge is 2.36. The second kappa shape index (κ2) is 4.48. The van der Waals surface area contributed by atoms with Crippen molar-refractivity contribution in [3.63, 3.8) is 0 Å². The number of hydrogen-bond donors (Lipinski definition) is 1. The van der Waals surface area contributed by atoms with Crippen molar-refractivity contribution >= 4 is 11.6 Å². The van der Waals surface area contributed by atoms with Gasteiger partial charge in [-0.25, -0.2) is 9.18 Å². The second-order valence-electron chi connectivity index (χ2n) is 3.54. The number of ether oxygens (including phenoxy) is 1. The van der Waals surface area contributed by atoms with E-state index in [-0.39, 0.29) is 18.1 Å². The number of halogens is 2. The number of aliphatic hydroxyl groups excluding tert-OH is 1. The van der Waals surface area contributed by atoms with Crippen LogP contribution in [0.2, 0.25) is 5.02 Å². The zero-order valence-corrected chi connectivity index (χ0v) is 8.97. The smallest absolute Gasteiger partial charge is 0.349 e. The van der Waals surface area contributed by atoms with Crippen molar-refractivity contribution in [2.75, 3.05) is 6.61 Å². The Morgan fingerprint density at radius 1 is 1.75 bits per heavy atom. The first kappa shape index (κ1) is 11.5. The van der Waals surface area contributed by atoms with E-state index in [0.717, 1.165) is 4.57 Å². The largest absolute Gasteiger partial charge is 0.394 e. The van der Waals surface area contributed by atoms with E-state index in [2.05, 4.69) is 4.98 Å². The van der Waals surface area contributed by atoms with Crippen LogP contribution in [0.4, 0.5) is 4.39 Å². The van der Waals surface area contributed by atoms with E-state index >= 15 is 0 Å². The lowest BCUT2D eigenvalue weighted by atomic mass is 10.2. The maximum Gasteiger partial charge on any atom is 0.349 e. The van der Waals surface area contributed by atoms with Crippen LogP contribution in [0.5, 0.6) is 0 Å². The average Bonchev–Trinajstić information content (AvgIpc) is 2.63. The van der Waals surface area contributed by atoms with Gasteiger partial charge >= 0.3 is 5.69 Å². The molecule has 1 aliphatic rings. The van der Waals surface area contributed by atoms with E-state index in [1.807, 2.05) is 0 Å². The molecule has 0 aromatic carbocycles. The first-order valence-electron chi connectivity index (χ1n) is 4.76. The lowest BCUT2D eigenvalue weighted by molar-refractivity contribution is -0.0393. The maximum atomic E-state index is 13.6.